The average Bonchev–Trinajstić information content (AvgIpc) is 1.60. The van der Waals surface area contributed by atoms with E-state index in [1.54, 1.807) is 0 Å². The van der Waals surface area contributed by atoms with Crippen LogP contribution in [-0.2, 0) is 0 Å². The maximum atomic E-state index is 6.70. The maximum absolute atomic E-state index is 6.70. The molecule has 526 valence electrons. The van der Waals surface area contributed by atoms with Gasteiger partial charge in [-0.15, -0.1) is 0 Å². The van der Waals surface area contributed by atoms with E-state index < -0.39 is 0 Å². The van der Waals surface area contributed by atoms with Crippen LogP contribution >= 0.6 is 0 Å². The molecule has 0 bridgehead atoms. The van der Waals surface area contributed by atoms with Crippen LogP contribution in [0.5, 0.6) is 0 Å². The Morgan fingerprint density at radius 1 is 0.204 bits per heavy atom. The molecule has 7 aromatic heterocycles. The van der Waals surface area contributed by atoms with Crippen LogP contribution in [0.25, 0.3) is 227 Å². The molecule has 0 aliphatic carbocycles. The van der Waals surface area contributed by atoms with Crippen molar-refractivity contribution in [2.45, 2.75) is 0 Å². The van der Waals surface area contributed by atoms with E-state index >= 15 is 0 Å². The quantitative estimate of drug-likeness (QED) is 0.130. The Morgan fingerprint density at radius 2 is 0.513 bits per heavy atom. The first-order valence-corrected chi connectivity index (χ1v) is 38.5. The first kappa shape index (κ1) is 62.8. The lowest BCUT2D eigenvalue weighted by molar-refractivity contribution is 0.668. The van der Waals surface area contributed by atoms with Crippen molar-refractivity contribution >= 4 is 131 Å². The van der Waals surface area contributed by atoms with Crippen molar-refractivity contribution in [2.75, 3.05) is 0 Å². The van der Waals surface area contributed by atoms with E-state index in [1.807, 2.05) is 6.20 Å². The summed E-state index contributed by atoms with van der Waals surface area (Å²) < 4.78 is 25.3. The standard InChI is InChI=1S/C105H64N6O2/c1-4-20-65(21-5-1)105-106-54-55-107(105)104-78(32-19-37-99(104)111-93-35-16-10-28-79(93)80-29-11-17-36-94(80)111)74-22-18-27-77(56-74)110-97-48-40-68(72-44-52-102-89(63-72)87-61-70(42-50-100(87)112-102)66-38-46-95-83(57-66)81-30-12-14-33-91(81)108(95)75-23-6-2-7-24-75)59-85(97)86-60-69(41-49-98(86)110)73-45-53-103-90(64-73)88-62-71(43-51-101(88)113-103)67-39-47-96-84(58-67)82-31-13-15-34-92(82)109(96)76-25-8-3-9-26-76/h1-64H. The van der Waals surface area contributed by atoms with Crippen LogP contribution in [-0.4, -0.2) is 27.8 Å². The number of rotatable bonds is 11. The van der Waals surface area contributed by atoms with Gasteiger partial charge in [0.15, 0.2) is 0 Å². The van der Waals surface area contributed by atoms with Gasteiger partial charge in [-0.2, -0.15) is 0 Å². The molecule has 0 unspecified atom stereocenters. The maximum Gasteiger partial charge on any atom is 0.144 e. The second kappa shape index (κ2) is 24.6. The first-order valence-electron chi connectivity index (χ1n) is 38.5. The minimum Gasteiger partial charge on any atom is -0.456 e. The lowest BCUT2D eigenvalue weighted by Gasteiger charge is -2.21. The molecular weight excluding hydrogens is 1380 g/mol. The van der Waals surface area contributed by atoms with Crippen LogP contribution in [0.3, 0.4) is 0 Å². The zero-order valence-electron chi connectivity index (χ0n) is 61.0. The fraction of sp³-hybridized carbons (Fsp3) is 0. The van der Waals surface area contributed by atoms with Crippen LogP contribution in [0.1, 0.15) is 0 Å². The molecule has 8 nitrogen and oxygen atoms in total. The Hall–Kier alpha value is -15.3. The van der Waals surface area contributed by atoms with Crippen LogP contribution in [0, 0.1) is 0 Å². The summed E-state index contributed by atoms with van der Waals surface area (Å²) in [7, 11) is 0. The second-order valence-corrected chi connectivity index (χ2v) is 29.8. The highest BCUT2D eigenvalue weighted by Crippen LogP contribution is 2.46. The highest BCUT2D eigenvalue weighted by molar-refractivity contribution is 6.17. The van der Waals surface area contributed by atoms with Crippen LogP contribution in [0.15, 0.2) is 397 Å². The predicted octanol–water partition coefficient (Wildman–Crippen LogP) is 28.1. The van der Waals surface area contributed by atoms with Gasteiger partial charge in [0.2, 0.25) is 0 Å². The van der Waals surface area contributed by atoms with E-state index in [0.29, 0.717) is 0 Å². The molecule has 24 rings (SSSR count). The lowest BCUT2D eigenvalue weighted by Crippen LogP contribution is -2.06. The van der Waals surface area contributed by atoms with Gasteiger partial charge in [0.1, 0.15) is 28.2 Å². The van der Waals surface area contributed by atoms with Gasteiger partial charge in [0.25, 0.3) is 0 Å². The van der Waals surface area contributed by atoms with Crippen molar-refractivity contribution in [3.05, 3.63) is 389 Å². The highest BCUT2D eigenvalue weighted by Gasteiger charge is 2.25. The molecule has 8 heteroatoms. The summed E-state index contributed by atoms with van der Waals surface area (Å²) in [5.41, 5.74) is 30.1. The molecule has 24 aromatic rings. The normalized spacial score (nSPS) is 12.1. The lowest BCUT2D eigenvalue weighted by atomic mass is 9.97. The molecule has 0 aliphatic rings. The van der Waals surface area contributed by atoms with E-state index in [0.717, 1.165) is 172 Å². The van der Waals surface area contributed by atoms with Gasteiger partial charge in [-0.1, -0.05) is 212 Å². The minimum absolute atomic E-state index is 0.848. The smallest absolute Gasteiger partial charge is 0.144 e. The number of para-hydroxylation sites is 7. The third-order valence-corrected chi connectivity index (χ3v) is 23.6. The van der Waals surface area contributed by atoms with Gasteiger partial charge in [-0.05, 0) is 214 Å². The van der Waals surface area contributed by atoms with E-state index in [9.17, 15) is 0 Å². The van der Waals surface area contributed by atoms with Crippen molar-refractivity contribution in [1.29, 1.82) is 0 Å². The van der Waals surface area contributed by atoms with Gasteiger partial charge in [0, 0.05) is 105 Å². The number of nitrogens with zero attached hydrogens (tertiary/aromatic N) is 6. The molecule has 0 fully saturated rings. The molecule has 0 spiro atoms. The number of imidazole rings is 1. The molecular formula is C105H64N6O2. The Labute approximate surface area is 647 Å². The fourth-order valence-corrected chi connectivity index (χ4v) is 18.4. The summed E-state index contributed by atoms with van der Waals surface area (Å²) in [4.78, 5) is 5.10. The summed E-state index contributed by atoms with van der Waals surface area (Å²) in [5, 5.41) is 13.8. The molecule has 0 aliphatic heterocycles. The average molecular weight is 1440 g/mol. The van der Waals surface area contributed by atoms with Crippen molar-refractivity contribution in [3.63, 3.8) is 0 Å². The van der Waals surface area contributed by atoms with Crippen molar-refractivity contribution in [1.82, 2.24) is 27.8 Å². The summed E-state index contributed by atoms with van der Waals surface area (Å²) in [6.07, 6.45) is 4.03. The summed E-state index contributed by atoms with van der Waals surface area (Å²) in [6, 6.07) is 137. The predicted molar refractivity (Wildman–Crippen MR) is 468 cm³/mol. The molecule has 7 heterocycles. The van der Waals surface area contributed by atoms with E-state index in [4.69, 9.17) is 13.8 Å². The Morgan fingerprint density at radius 3 is 0.938 bits per heavy atom. The second-order valence-electron chi connectivity index (χ2n) is 29.8. The topological polar surface area (TPSA) is 63.8 Å². The number of hydrogen-bond donors (Lipinski definition) is 0. The van der Waals surface area contributed by atoms with Crippen molar-refractivity contribution < 1.29 is 8.83 Å². The molecule has 0 saturated carbocycles. The van der Waals surface area contributed by atoms with Gasteiger partial charge >= 0.3 is 0 Å². The van der Waals surface area contributed by atoms with Gasteiger partial charge < -0.3 is 27.1 Å². The van der Waals surface area contributed by atoms with E-state index in [-0.39, 0.29) is 0 Å². The Balaban J connectivity index is 0.665. The van der Waals surface area contributed by atoms with Crippen LogP contribution in [0.2, 0.25) is 0 Å². The number of hydrogen-bond acceptors (Lipinski definition) is 3. The first-order chi connectivity index (χ1) is 56.0. The monoisotopic (exact) mass is 1440 g/mol. The van der Waals surface area contributed by atoms with Gasteiger partial charge in [-0.25, -0.2) is 4.98 Å². The zero-order chi connectivity index (χ0) is 73.9. The van der Waals surface area contributed by atoms with Gasteiger partial charge in [0.05, 0.1) is 55.5 Å². The number of fused-ring (bicyclic) bond motifs is 18. The molecule has 0 atom stereocenters. The van der Waals surface area contributed by atoms with Crippen molar-refractivity contribution in [3.8, 4) is 95.5 Å². The van der Waals surface area contributed by atoms with Crippen LogP contribution < -0.4 is 0 Å². The summed E-state index contributed by atoms with van der Waals surface area (Å²) >= 11 is 0. The van der Waals surface area contributed by atoms with E-state index in [1.165, 1.54) is 54.4 Å². The third-order valence-electron chi connectivity index (χ3n) is 23.6. The molecule has 113 heavy (non-hydrogen) atoms. The number of aromatic nitrogens is 6. The number of furan rings is 2. The molecule has 0 radical (unpaired) electrons. The van der Waals surface area contributed by atoms with Gasteiger partial charge in [-0.3, -0.25) is 4.57 Å². The third kappa shape index (κ3) is 9.73. The Kier molecular flexibility index (Phi) is 13.7. The summed E-state index contributed by atoms with van der Waals surface area (Å²) in [5.74, 6) is 0.857. The molecule has 17 aromatic carbocycles. The Bertz CT molecular complexity index is 7670. The number of benzene rings is 17. The van der Waals surface area contributed by atoms with Crippen molar-refractivity contribution in [2.24, 2.45) is 0 Å². The molecule has 0 saturated heterocycles. The van der Waals surface area contributed by atoms with E-state index in [2.05, 4.69) is 405 Å². The SMILES string of the molecule is c1ccc(-c2nccn2-c2c(-c3cccc(-n4c5ccc(-c6ccc7oc8ccc(-c9ccc%10c(c9)c9ccccc9n%10-c9ccccc9)cc8c7c6)cc5c5cc(-c6ccc7oc8ccc(-c9ccc%10c(c9)c9ccccc9n%10-c9ccccc9)cc8c7c6)ccc54)c3)cccc2-n2c3ccccc3c3ccccc32)cc1. The molecule has 0 N–H and O–H groups in total. The van der Waals surface area contributed by atoms with Crippen LogP contribution in [0.4, 0.5) is 0 Å². The summed E-state index contributed by atoms with van der Waals surface area (Å²) in [6.45, 7) is 0. The largest absolute Gasteiger partial charge is 0.456 e. The minimum atomic E-state index is 0.848. The molecule has 0 amide bonds. The fourth-order valence-electron chi connectivity index (χ4n) is 18.4. The zero-order valence-corrected chi connectivity index (χ0v) is 61.0. The highest BCUT2D eigenvalue weighted by atomic mass is 16.3.